The lowest BCUT2D eigenvalue weighted by atomic mass is 9.77. The van der Waals surface area contributed by atoms with Crippen LogP contribution in [0.15, 0.2) is 388 Å². The van der Waals surface area contributed by atoms with Gasteiger partial charge < -0.3 is 0 Å². The van der Waals surface area contributed by atoms with Crippen LogP contribution in [0.4, 0.5) is 0 Å². The van der Waals surface area contributed by atoms with E-state index in [1.54, 1.807) is 0 Å². The molecule has 0 saturated carbocycles. The Morgan fingerprint density at radius 1 is 0.136 bits per heavy atom. The van der Waals surface area contributed by atoms with E-state index < -0.39 is 0 Å². The van der Waals surface area contributed by atoms with Crippen molar-refractivity contribution in [2.45, 2.75) is 38.5 Å². The number of fused-ring (bicyclic) bond motifs is 16. The summed E-state index contributed by atoms with van der Waals surface area (Å²) in [7, 11) is 0. The molecule has 0 atom stereocenters. The molecule has 2 aliphatic rings. The van der Waals surface area contributed by atoms with E-state index in [-0.39, 0.29) is 10.8 Å². The molecule has 516 valence electrons. The van der Waals surface area contributed by atoms with E-state index in [1.165, 1.54) is 220 Å². The van der Waals surface area contributed by atoms with Crippen molar-refractivity contribution in [3.8, 4) is 111 Å². The van der Waals surface area contributed by atoms with E-state index in [1.807, 2.05) is 0 Å². The predicted molar refractivity (Wildman–Crippen MR) is 472 cm³/mol. The first-order chi connectivity index (χ1) is 54.1. The summed E-state index contributed by atoms with van der Waals surface area (Å²) in [4.78, 5) is 0. The summed E-state index contributed by atoms with van der Waals surface area (Å²) < 4.78 is 0. The summed E-state index contributed by atoms with van der Waals surface area (Å²) in [6, 6.07) is 144. The van der Waals surface area contributed by atoms with Gasteiger partial charge in [0.1, 0.15) is 0 Å². The lowest BCUT2D eigenvalue weighted by molar-refractivity contribution is 0.668. The Labute approximate surface area is 642 Å². The summed E-state index contributed by atoms with van der Waals surface area (Å²) in [5, 5.41) is 20.5. The van der Waals surface area contributed by atoms with Crippen molar-refractivity contribution in [2.24, 2.45) is 0 Å². The van der Waals surface area contributed by atoms with Crippen LogP contribution in [0.25, 0.3) is 197 Å². The topological polar surface area (TPSA) is 0 Å². The van der Waals surface area contributed by atoms with Crippen LogP contribution in [-0.2, 0) is 10.8 Å². The number of rotatable bonds is 8. The van der Waals surface area contributed by atoms with Crippen molar-refractivity contribution in [2.75, 3.05) is 0 Å². The van der Waals surface area contributed by atoms with Gasteiger partial charge in [0.2, 0.25) is 0 Å². The van der Waals surface area contributed by atoms with E-state index in [4.69, 9.17) is 0 Å². The maximum absolute atomic E-state index is 2.43. The minimum atomic E-state index is -0.152. The van der Waals surface area contributed by atoms with Crippen LogP contribution >= 0.6 is 0 Å². The SMILES string of the molecule is CC1(C)c2c(-c3cccc(-c4c5ccccc5c(-c5ccc(-c6cccc7ccccc67)cc5)c5ccccc45)c3)cccc2-c2ccc3ccccc3c21.CC1(C)c2c(-c3cccc(-c4c5ccccc5c(-c5cccc(-c6ccc7ccccc7c6)c5)c5ccccc45)c3)cccc2-c2ccc3ccccc3c21. The Balaban J connectivity index is 0.000000140. The highest BCUT2D eigenvalue weighted by Crippen LogP contribution is 2.57. The van der Waals surface area contributed by atoms with Crippen LogP contribution in [0.1, 0.15) is 49.9 Å². The highest BCUT2D eigenvalue weighted by molar-refractivity contribution is 6.23. The van der Waals surface area contributed by atoms with Crippen LogP contribution in [0, 0.1) is 0 Å². The smallest absolute Gasteiger partial charge is 0.0171 e. The third-order valence-electron chi connectivity index (χ3n) is 24.4. The molecule has 0 nitrogen and oxygen atoms in total. The summed E-state index contributed by atoms with van der Waals surface area (Å²) >= 11 is 0. The zero-order valence-electron chi connectivity index (χ0n) is 62.0. The van der Waals surface area contributed by atoms with Crippen molar-refractivity contribution in [1.29, 1.82) is 0 Å². The molecule has 0 spiro atoms. The van der Waals surface area contributed by atoms with Crippen molar-refractivity contribution in [3.63, 3.8) is 0 Å². The lowest BCUT2D eigenvalue weighted by Gasteiger charge is -2.26. The fourth-order valence-corrected chi connectivity index (χ4v) is 19.7. The standard InChI is InChI=1S/2C55H38/c1-55(2)53-43-20-6-4-15-36(43)32-33-50(53)49-27-13-26-44(54(49)55)39-17-11-18-40(34-39)52-47-23-9-7-21-45(47)51(46-22-8-10-24-48(46)52)38-30-28-37(29-31-38)42-25-12-16-35-14-3-5-19-41(35)42;1-55(2)53-43-21-6-5-15-36(43)30-31-50(53)49-27-13-26-44(54(49)55)40-18-12-20-42(34-40)52-47-24-9-7-22-45(47)51(46-23-8-10-25-48(46)52)41-19-11-17-38(33-41)39-29-28-35-14-3-4-16-37(35)32-39/h2*3-34H,1-2H3. The predicted octanol–water partition coefficient (Wildman–Crippen LogP) is 30.5. The monoisotopic (exact) mass is 1400 g/mol. The molecule has 0 aromatic heterocycles. The van der Waals surface area contributed by atoms with Crippen molar-refractivity contribution in [3.05, 3.63) is 411 Å². The third-order valence-corrected chi connectivity index (χ3v) is 24.4. The Bertz CT molecular complexity index is 7080. The van der Waals surface area contributed by atoms with Crippen LogP contribution in [0.5, 0.6) is 0 Å². The molecule has 0 N–H and O–H groups in total. The maximum atomic E-state index is 2.43. The molecule has 0 heterocycles. The van der Waals surface area contributed by atoms with Gasteiger partial charge in [0, 0.05) is 10.8 Å². The van der Waals surface area contributed by atoms with E-state index in [9.17, 15) is 0 Å². The van der Waals surface area contributed by atoms with Gasteiger partial charge in [-0.1, -0.05) is 392 Å². The second-order valence-corrected chi connectivity index (χ2v) is 31.2. The van der Waals surface area contributed by atoms with Crippen LogP contribution in [-0.4, -0.2) is 0 Å². The molecule has 0 amide bonds. The van der Waals surface area contributed by atoms with E-state index >= 15 is 0 Å². The molecule has 0 fully saturated rings. The Hall–Kier alpha value is -13.5. The molecule has 110 heavy (non-hydrogen) atoms. The Morgan fingerprint density at radius 3 is 0.845 bits per heavy atom. The Kier molecular flexibility index (Phi) is 15.1. The second-order valence-electron chi connectivity index (χ2n) is 31.2. The minimum Gasteiger partial charge on any atom is -0.0616 e. The van der Waals surface area contributed by atoms with Gasteiger partial charge in [-0.2, -0.15) is 0 Å². The first kappa shape index (κ1) is 64.8. The zero-order chi connectivity index (χ0) is 73.3. The van der Waals surface area contributed by atoms with Gasteiger partial charge in [-0.05, 0) is 244 Å². The summed E-state index contributed by atoms with van der Waals surface area (Å²) in [5.41, 5.74) is 30.9. The molecule has 0 aliphatic heterocycles. The van der Waals surface area contributed by atoms with E-state index in [0.29, 0.717) is 0 Å². The fourth-order valence-electron chi connectivity index (χ4n) is 19.7. The summed E-state index contributed by atoms with van der Waals surface area (Å²) in [6.45, 7) is 9.63. The van der Waals surface area contributed by atoms with Gasteiger partial charge in [0.15, 0.2) is 0 Å². The van der Waals surface area contributed by atoms with Crippen molar-refractivity contribution in [1.82, 2.24) is 0 Å². The largest absolute Gasteiger partial charge is 0.0616 e. The van der Waals surface area contributed by atoms with Crippen molar-refractivity contribution >= 4 is 86.2 Å². The van der Waals surface area contributed by atoms with Crippen LogP contribution in [0.3, 0.4) is 0 Å². The summed E-state index contributed by atoms with van der Waals surface area (Å²) in [5.74, 6) is 0. The normalized spacial score (nSPS) is 13.1. The molecule has 0 saturated heterocycles. The van der Waals surface area contributed by atoms with Crippen LogP contribution < -0.4 is 0 Å². The highest BCUT2D eigenvalue weighted by Gasteiger charge is 2.41. The number of hydrogen-bond acceptors (Lipinski definition) is 0. The average molecular weight is 1400 g/mol. The van der Waals surface area contributed by atoms with E-state index in [2.05, 4.69) is 416 Å². The van der Waals surface area contributed by atoms with Gasteiger partial charge in [-0.25, -0.2) is 0 Å². The molecular formula is C110H76. The van der Waals surface area contributed by atoms with Gasteiger partial charge in [-0.3, -0.25) is 0 Å². The maximum Gasteiger partial charge on any atom is 0.0171 e. The lowest BCUT2D eigenvalue weighted by Crippen LogP contribution is -2.16. The molecule has 2 aliphatic carbocycles. The van der Waals surface area contributed by atoms with Gasteiger partial charge in [-0.15, -0.1) is 0 Å². The average Bonchev–Trinajstić information content (AvgIpc) is 1.49. The van der Waals surface area contributed by atoms with Gasteiger partial charge >= 0.3 is 0 Å². The fraction of sp³-hybridized carbons (Fsp3) is 0.0545. The second kappa shape index (κ2) is 25.6. The highest BCUT2D eigenvalue weighted by atomic mass is 14.4. The zero-order valence-corrected chi connectivity index (χ0v) is 62.0. The summed E-state index contributed by atoms with van der Waals surface area (Å²) in [6.07, 6.45) is 0. The quantitative estimate of drug-likeness (QED) is 0.133. The van der Waals surface area contributed by atoms with Gasteiger partial charge in [0.25, 0.3) is 0 Å². The molecule has 20 aromatic carbocycles. The Morgan fingerprint density at radius 2 is 0.400 bits per heavy atom. The molecule has 22 rings (SSSR count). The first-order valence-corrected chi connectivity index (χ1v) is 38.7. The molecule has 0 heteroatoms. The number of benzene rings is 20. The number of hydrogen-bond donors (Lipinski definition) is 0. The minimum absolute atomic E-state index is 0.150. The molecular weight excluding hydrogens is 1320 g/mol. The van der Waals surface area contributed by atoms with Crippen molar-refractivity contribution < 1.29 is 0 Å². The molecule has 0 unspecified atom stereocenters. The first-order valence-electron chi connectivity index (χ1n) is 38.7. The third kappa shape index (κ3) is 10.3. The van der Waals surface area contributed by atoms with E-state index in [0.717, 1.165) is 0 Å². The molecule has 20 aromatic rings. The van der Waals surface area contributed by atoms with Crippen LogP contribution in [0.2, 0.25) is 0 Å². The molecule has 0 bridgehead atoms. The molecule has 0 radical (unpaired) electrons. The van der Waals surface area contributed by atoms with Gasteiger partial charge in [0.05, 0.1) is 0 Å².